The summed E-state index contributed by atoms with van der Waals surface area (Å²) in [5.41, 5.74) is 5.91. The standard InChI is InChI=1S/C15H22N2O4/c1-19-11-8-13(21-3)12(20-2)7-10(11)14(18)17-15(9-16)5-4-6-15/h7-8H,4-6,9,16H2,1-3H3,(H,17,18). The molecule has 2 rings (SSSR count). The van der Waals surface area contributed by atoms with Gasteiger partial charge in [-0.3, -0.25) is 4.79 Å². The van der Waals surface area contributed by atoms with Crippen molar-refractivity contribution < 1.29 is 19.0 Å². The zero-order chi connectivity index (χ0) is 15.5. The monoisotopic (exact) mass is 294 g/mol. The largest absolute Gasteiger partial charge is 0.496 e. The van der Waals surface area contributed by atoms with E-state index in [0.29, 0.717) is 29.4 Å². The molecule has 0 spiro atoms. The Morgan fingerprint density at radius 1 is 1.14 bits per heavy atom. The third-order valence-electron chi connectivity index (χ3n) is 4.03. The number of nitrogens with two attached hydrogens (primary N) is 1. The molecule has 0 heterocycles. The maximum Gasteiger partial charge on any atom is 0.255 e. The van der Waals surface area contributed by atoms with E-state index >= 15 is 0 Å². The van der Waals surface area contributed by atoms with Crippen molar-refractivity contribution in [2.24, 2.45) is 5.73 Å². The van der Waals surface area contributed by atoms with Crippen molar-refractivity contribution in [3.05, 3.63) is 17.7 Å². The van der Waals surface area contributed by atoms with Gasteiger partial charge in [0.2, 0.25) is 0 Å². The lowest BCUT2D eigenvalue weighted by Crippen LogP contribution is -2.58. The number of ether oxygens (including phenoxy) is 3. The smallest absolute Gasteiger partial charge is 0.255 e. The molecule has 0 unspecified atom stereocenters. The Morgan fingerprint density at radius 2 is 1.71 bits per heavy atom. The zero-order valence-electron chi connectivity index (χ0n) is 12.7. The molecular formula is C15H22N2O4. The molecule has 0 radical (unpaired) electrons. The van der Waals surface area contributed by atoms with Crippen LogP contribution in [0.1, 0.15) is 29.6 Å². The first kappa shape index (κ1) is 15.4. The van der Waals surface area contributed by atoms with Gasteiger partial charge >= 0.3 is 0 Å². The topological polar surface area (TPSA) is 82.8 Å². The highest BCUT2D eigenvalue weighted by Crippen LogP contribution is 2.36. The second kappa shape index (κ2) is 6.22. The van der Waals surface area contributed by atoms with Gasteiger partial charge in [0.1, 0.15) is 5.75 Å². The minimum Gasteiger partial charge on any atom is -0.496 e. The molecule has 6 heteroatoms. The van der Waals surface area contributed by atoms with Crippen LogP contribution in [0.4, 0.5) is 0 Å². The van der Waals surface area contributed by atoms with Crippen molar-refractivity contribution in [2.75, 3.05) is 27.9 Å². The molecule has 1 fully saturated rings. The van der Waals surface area contributed by atoms with Crippen LogP contribution in [-0.2, 0) is 0 Å². The fraction of sp³-hybridized carbons (Fsp3) is 0.533. The number of nitrogens with one attached hydrogen (secondary N) is 1. The Kier molecular flexibility index (Phi) is 4.57. The highest BCUT2D eigenvalue weighted by atomic mass is 16.5. The molecule has 1 aliphatic rings. The summed E-state index contributed by atoms with van der Waals surface area (Å²) in [5, 5.41) is 3.02. The molecule has 0 saturated heterocycles. The number of carbonyl (C=O) groups is 1. The Morgan fingerprint density at radius 3 is 2.14 bits per heavy atom. The Balaban J connectivity index is 2.31. The molecule has 0 bridgehead atoms. The molecule has 0 aromatic heterocycles. The molecule has 1 amide bonds. The Labute approximate surface area is 124 Å². The number of carbonyl (C=O) groups excluding carboxylic acids is 1. The summed E-state index contributed by atoms with van der Waals surface area (Å²) in [6.45, 7) is 0.439. The lowest BCUT2D eigenvalue weighted by molar-refractivity contribution is 0.0834. The number of hydrogen-bond donors (Lipinski definition) is 2. The number of hydrogen-bond acceptors (Lipinski definition) is 5. The predicted molar refractivity (Wildman–Crippen MR) is 79.2 cm³/mol. The van der Waals surface area contributed by atoms with Crippen LogP contribution in [0.15, 0.2) is 12.1 Å². The molecule has 6 nitrogen and oxygen atoms in total. The summed E-state index contributed by atoms with van der Waals surface area (Å²) >= 11 is 0. The maximum atomic E-state index is 12.5. The van der Waals surface area contributed by atoms with E-state index in [-0.39, 0.29) is 11.4 Å². The van der Waals surface area contributed by atoms with Gasteiger partial charge in [-0.15, -0.1) is 0 Å². The normalized spacial score (nSPS) is 15.8. The van der Waals surface area contributed by atoms with Gasteiger partial charge in [-0.05, 0) is 19.3 Å². The van der Waals surface area contributed by atoms with Gasteiger partial charge in [-0.25, -0.2) is 0 Å². The maximum absolute atomic E-state index is 12.5. The number of amides is 1. The Bertz CT molecular complexity index is 521. The Hall–Kier alpha value is -1.95. The molecule has 1 aliphatic carbocycles. The van der Waals surface area contributed by atoms with Gasteiger partial charge in [0.25, 0.3) is 5.91 Å². The van der Waals surface area contributed by atoms with Crippen molar-refractivity contribution in [1.29, 1.82) is 0 Å². The number of rotatable bonds is 6. The fourth-order valence-corrected chi connectivity index (χ4v) is 2.50. The van der Waals surface area contributed by atoms with Gasteiger partial charge in [0, 0.05) is 18.7 Å². The molecule has 116 valence electrons. The quantitative estimate of drug-likeness (QED) is 0.827. The van der Waals surface area contributed by atoms with Crippen molar-refractivity contribution in [1.82, 2.24) is 5.32 Å². The summed E-state index contributed by atoms with van der Waals surface area (Å²) in [4.78, 5) is 12.5. The van der Waals surface area contributed by atoms with E-state index in [1.807, 2.05) is 0 Å². The van der Waals surface area contributed by atoms with Crippen molar-refractivity contribution in [3.63, 3.8) is 0 Å². The van der Waals surface area contributed by atoms with E-state index in [0.717, 1.165) is 19.3 Å². The van der Waals surface area contributed by atoms with Gasteiger partial charge in [-0.1, -0.05) is 0 Å². The molecule has 1 aromatic carbocycles. The highest BCUT2D eigenvalue weighted by Gasteiger charge is 2.37. The first-order chi connectivity index (χ1) is 10.1. The minimum absolute atomic E-state index is 0.210. The van der Waals surface area contributed by atoms with Gasteiger partial charge in [0.05, 0.1) is 32.4 Å². The second-order valence-electron chi connectivity index (χ2n) is 5.20. The summed E-state index contributed by atoms with van der Waals surface area (Å²) < 4.78 is 15.7. The second-order valence-corrected chi connectivity index (χ2v) is 5.20. The zero-order valence-corrected chi connectivity index (χ0v) is 12.7. The summed E-state index contributed by atoms with van der Waals surface area (Å²) in [5.74, 6) is 1.23. The van der Waals surface area contributed by atoms with Crippen LogP contribution in [0, 0.1) is 0 Å². The lowest BCUT2D eigenvalue weighted by Gasteiger charge is -2.41. The van der Waals surface area contributed by atoms with Gasteiger partial charge in [0.15, 0.2) is 11.5 Å². The van der Waals surface area contributed by atoms with Crippen molar-refractivity contribution in [3.8, 4) is 17.2 Å². The molecule has 1 aromatic rings. The number of benzene rings is 1. The van der Waals surface area contributed by atoms with Crippen molar-refractivity contribution >= 4 is 5.91 Å². The van der Waals surface area contributed by atoms with E-state index in [1.54, 1.807) is 12.1 Å². The van der Waals surface area contributed by atoms with Gasteiger partial charge < -0.3 is 25.3 Å². The van der Waals surface area contributed by atoms with Crippen LogP contribution in [0.25, 0.3) is 0 Å². The molecule has 0 atom stereocenters. The van der Waals surface area contributed by atoms with Crippen LogP contribution in [0.3, 0.4) is 0 Å². The van der Waals surface area contributed by atoms with Crippen LogP contribution < -0.4 is 25.3 Å². The van der Waals surface area contributed by atoms with E-state index in [1.165, 1.54) is 21.3 Å². The van der Waals surface area contributed by atoms with E-state index in [4.69, 9.17) is 19.9 Å². The average Bonchev–Trinajstić information content (AvgIpc) is 2.49. The molecule has 0 aliphatic heterocycles. The third kappa shape index (κ3) is 2.90. The summed E-state index contributed by atoms with van der Waals surface area (Å²) in [6.07, 6.45) is 2.90. The van der Waals surface area contributed by atoms with Crippen LogP contribution in [0.5, 0.6) is 17.2 Å². The molecule has 3 N–H and O–H groups in total. The SMILES string of the molecule is COc1cc(OC)c(C(=O)NC2(CN)CCC2)cc1OC. The van der Waals surface area contributed by atoms with Crippen LogP contribution >= 0.6 is 0 Å². The summed E-state index contributed by atoms with van der Waals surface area (Å²) in [7, 11) is 4.58. The van der Waals surface area contributed by atoms with Crippen LogP contribution in [-0.4, -0.2) is 39.3 Å². The van der Waals surface area contributed by atoms with Crippen molar-refractivity contribution in [2.45, 2.75) is 24.8 Å². The summed E-state index contributed by atoms with van der Waals surface area (Å²) in [6, 6.07) is 3.26. The minimum atomic E-state index is -0.282. The third-order valence-corrected chi connectivity index (χ3v) is 4.03. The highest BCUT2D eigenvalue weighted by molar-refractivity contribution is 5.98. The van der Waals surface area contributed by atoms with E-state index < -0.39 is 0 Å². The van der Waals surface area contributed by atoms with Gasteiger partial charge in [-0.2, -0.15) is 0 Å². The fourth-order valence-electron chi connectivity index (χ4n) is 2.50. The molecular weight excluding hydrogens is 272 g/mol. The first-order valence-corrected chi connectivity index (χ1v) is 6.91. The average molecular weight is 294 g/mol. The lowest BCUT2D eigenvalue weighted by atomic mass is 9.76. The predicted octanol–water partition coefficient (Wildman–Crippen LogP) is 1.32. The first-order valence-electron chi connectivity index (χ1n) is 6.91. The molecule has 1 saturated carbocycles. The van der Waals surface area contributed by atoms with Crippen LogP contribution in [0.2, 0.25) is 0 Å². The number of methoxy groups -OCH3 is 3. The molecule has 21 heavy (non-hydrogen) atoms. The van der Waals surface area contributed by atoms with E-state index in [9.17, 15) is 4.79 Å². The van der Waals surface area contributed by atoms with E-state index in [2.05, 4.69) is 5.32 Å².